The molecule has 0 saturated carbocycles. The number of imide groups is 1. The van der Waals surface area contributed by atoms with Gasteiger partial charge in [-0.05, 0) is 61.4 Å². The van der Waals surface area contributed by atoms with Gasteiger partial charge in [-0.3, -0.25) is 14.4 Å². The van der Waals surface area contributed by atoms with Crippen LogP contribution in [0.25, 0.3) is 0 Å². The minimum Gasteiger partial charge on any atom is -0.379 e. The zero-order valence-electron chi connectivity index (χ0n) is 20.4. The Morgan fingerprint density at radius 3 is 2.30 bits per heavy atom. The van der Waals surface area contributed by atoms with Gasteiger partial charge >= 0.3 is 0 Å². The van der Waals surface area contributed by atoms with Crippen LogP contribution in [0.15, 0.2) is 65.6 Å². The number of benzene rings is 3. The number of aryl methyl sites for hydroxylation is 2. The summed E-state index contributed by atoms with van der Waals surface area (Å²) in [7, 11) is -3.76. The van der Waals surface area contributed by atoms with Gasteiger partial charge in [-0.1, -0.05) is 24.3 Å². The molecule has 0 radical (unpaired) electrons. The molecule has 10 heteroatoms. The van der Waals surface area contributed by atoms with Crippen molar-refractivity contribution >= 4 is 39.1 Å². The summed E-state index contributed by atoms with van der Waals surface area (Å²) in [5.74, 6) is -1.48. The summed E-state index contributed by atoms with van der Waals surface area (Å²) < 4.78 is 33.0. The monoisotopic (exact) mass is 519 g/mol. The average Bonchev–Trinajstić information content (AvgIpc) is 3.15. The average molecular weight is 520 g/mol. The van der Waals surface area contributed by atoms with Gasteiger partial charge in [0.05, 0.1) is 34.9 Å². The number of nitrogens with zero attached hydrogens (tertiary/aromatic N) is 2. The van der Waals surface area contributed by atoms with E-state index in [0.717, 1.165) is 10.5 Å². The van der Waals surface area contributed by atoms with E-state index in [9.17, 15) is 22.8 Å². The zero-order valence-corrected chi connectivity index (χ0v) is 21.2. The first-order chi connectivity index (χ1) is 17.7. The Kier molecular flexibility index (Phi) is 6.40. The smallest absolute Gasteiger partial charge is 0.266 e. The molecule has 0 atom stereocenters. The second kappa shape index (κ2) is 9.55. The summed E-state index contributed by atoms with van der Waals surface area (Å²) >= 11 is 0. The molecule has 2 aliphatic rings. The molecular formula is C27H25N3O6S. The molecular weight excluding hydrogens is 494 g/mol. The molecule has 9 nitrogen and oxygen atoms in total. The van der Waals surface area contributed by atoms with Crippen molar-refractivity contribution in [2.24, 2.45) is 0 Å². The first-order valence-corrected chi connectivity index (χ1v) is 13.2. The Hall–Kier alpha value is -3.86. The van der Waals surface area contributed by atoms with Gasteiger partial charge in [-0.15, -0.1) is 0 Å². The summed E-state index contributed by atoms with van der Waals surface area (Å²) in [5, 5.41) is 2.71. The maximum absolute atomic E-state index is 13.2. The summed E-state index contributed by atoms with van der Waals surface area (Å²) in [6.45, 7) is 4.69. The van der Waals surface area contributed by atoms with Gasteiger partial charge in [0.2, 0.25) is 10.0 Å². The third-order valence-corrected chi connectivity index (χ3v) is 8.58. The van der Waals surface area contributed by atoms with E-state index in [0.29, 0.717) is 30.2 Å². The fourth-order valence-electron chi connectivity index (χ4n) is 4.50. The first kappa shape index (κ1) is 24.8. The molecule has 5 rings (SSSR count). The third kappa shape index (κ3) is 4.43. The van der Waals surface area contributed by atoms with Crippen molar-refractivity contribution in [1.29, 1.82) is 0 Å². The highest BCUT2D eigenvalue weighted by Gasteiger charge is 2.37. The molecule has 0 aliphatic carbocycles. The number of hydrogen-bond acceptors (Lipinski definition) is 6. The molecule has 190 valence electrons. The molecule has 0 bridgehead atoms. The molecule has 1 fully saturated rings. The SMILES string of the molecule is Cc1ccccc1N1C(=O)c2ccc(C(=O)Nc3ccc(C)c(S(=O)(=O)N4CCOCC4)c3)cc2C1=O. The summed E-state index contributed by atoms with van der Waals surface area (Å²) in [4.78, 5) is 40.4. The second-order valence-corrected chi connectivity index (χ2v) is 10.8. The van der Waals surface area contributed by atoms with Crippen molar-refractivity contribution in [3.8, 4) is 0 Å². The number of ether oxygens (including phenoxy) is 1. The molecule has 1 saturated heterocycles. The van der Waals surface area contributed by atoms with Crippen molar-refractivity contribution in [2.75, 3.05) is 36.5 Å². The lowest BCUT2D eigenvalue weighted by Gasteiger charge is -2.26. The van der Waals surface area contributed by atoms with Crippen molar-refractivity contribution in [1.82, 2.24) is 4.31 Å². The molecule has 0 aromatic heterocycles. The third-order valence-electron chi connectivity index (χ3n) is 6.54. The molecule has 37 heavy (non-hydrogen) atoms. The Morgan fingerprint density at radius 1 is 0.865 bits per heavy atom. The second-order valence-electron chi connectivity index (χ2n) is 8.94. The highest BCUT2D eigenvalue weighted by molar-refractivity contribution is 7.89. The van der Waals surface area contributed by atoms with Crippen LogP contribution < -0.4 is 10.2 Å². The van der Waals surface area contributed by atoms with E-state index in [1.165, 1.54) is 28.6 Å². The van der Waals surface area contributed by atoms with Crippen molar-refractivity contribution < 1.29 is 27.5 Å². The lowest BCUT2D eigenvalue weighted by molar-refractivity contribution is 0.0730. The van der Waals surface area contributed by atoms with Gasteiger partial charge in [0.15, 0.2) is 0 Å². The highest BCUT2D eigenvalue weighted by atomic mass is 32.2. The van der Waals surface area contributed by atoms with E-state index in [2.05, 4.69) is 5.32 Å². The Morgan fingerprint density at radius 2 is 1.57 bits per heavy atom. The van der Waals surface area contributed by atoms with Gasteiger partial charge in [0.25, 0.3) is 17.7 Å². The van der Waals surface area contributed by atoms with Gasteiger partial charge in [0.1, 0.15) is 0 Å². The number of carbonyl (C=O) groups is 3. The maximum atomic E-state index is 13.2. The Balaban J connectivity index is 1.40. The Bertz CT molecular complexity index is 1540. The van der Waals surface area contributed by atoms with E-state index in [-0.39, 0.29) is 34.7 Å². The predicted octanol–water partition coefficient (Wildman–Crippen LogP) is 3.38. The van der Waals surface area contributed by atoms with E-state index in [1.54, 1.807) is 31.2 Å². The van der Waals surface area contributed by atoms with Crippen LogP contribution in [0, 0.1) is 13.8 Å². The summed E-state index contributed by atoms with van der Waals surface area (Å²) in [6, 6.07) is 16.1. The normalized spacial score (nSPS) is 16.1. The zero-order chi connectivity index (χ0) is 26.3. The predicted molar refractivity (Wildman–Crippen MR) is 137 cm³/mol. The molecule has 0 unspecified atom stereocenters. The highest BCUT2D eigenvalue weighted by Crippen LogP contribution is 2.31. The van der Waals surface area contributed by atoms with E-state index in [4.69, 9.17) is 4.74 Å². The number of rotatable bonds is 5. The number of carbonyl (C=O) groups excluding carboxylic acids is 3. The molecule has 1 N–H and O–H groups in total. The molecule has 3 aromatic carbocycles. The summed E-state index contributed by atoms with van der Waals surface area (Å²) in [6.07, 6.45) is 0. The minimum absolute atomic E-state index is 0.107. The number of sulfonamides is 1. The number of anilines is 2. The van der Waals surface area contributed by atoms with E-state index < -0.39 is 27.7 Å². The number of para-hydroxylation sites is 1. The van der Waals surface area contributed by atoms with Crippen LogP contribution in [-0.4, -0.2) is 56.7 Å². The first-order valence-electron chi connectivity index (χ1n) is 11.8. The lowest BCUT2D eigenvalue weighted by Crippen LogP contribution is -2.40. The standard InChI is InChI=1S/C27H25N3O6S/c1-17-5-3-4-6-23(17)30-26(32)21-10-8-19(15-22(21)27(30)33)25(31)28-20-9-7-18(2)24(16-20)37(34,35)29-11-13-36-14-12-29/h3-10,15-16H,11-14H2,1-2H3,(H,28,31). The Labute approximate surface area is 214 Å². The fourth-order valence-corrected chi connectivity index (χ4v) is 6.16. The van der Waals surface area contributed by atoms with Crippen molar-refractivity contribution in [2.45, 2.75) is 18.7 Å². The van der Waals surface area contributed by atoms with Crippen LogP contribution in [0.4, 0.5) is 11.4 Å². The van der Waals surface area contributed by atoms with Crippen LogP contribution in [0.3, 0.4) is 0 Å². The topological polar surface area (TPSA) is 113 Å². The van der Waals surface area contributed by atoms with Crippen LogP contribution >= 0.6 is 0 Å². The lowest BCUT2D eigenvalue weighted by atomic mass is 10.1. The molecule has 0 spiro atoms. The van der Waals surface area contributed by atoms with Gasteiger partial charge in [-0.2, -0.15) is 4.31 Å². The molecule has 2 aliphatic heterocycles. The number of amides is 3. The van der Waals surface area contributed by atoms with Crippen LogP contribution in [0.1, 0.15) is 42.2 Å². The number of hydrogen-bond donors (Lipinski definition) is 1. The maximum Gasteiger partial charge on any atom is 0.266 e. The number of nitrogens with one attached hydrogen (secondary N) is 1. The fraction of sp³-hybridized carbons (Fsp3) is 0.222. The number of fused-ring (bicyclic) bond motifs is 1. The minimum atomic E-state index is -3.76. The summed E-state index contributed by atoms with van der Waals surface area (Å²) in [5.41, 5.74) is 2.66. The van der Waals surface area contributed by atoms with Crippen LogP contribution in [0.2, 0.25) is 0 Å². The largest absolute Gasteiger partial charge is 0.379 e. The van der Waals surface area contributed by atoms with E-state index >= 15 is 0 Å². The van der Waals surface area contributed by atoms with Crippen LogP contribution in [0.5, 0.6) is 0 Å². The van der Waals surface area contributed by atoms with Gasteiger partial charge in [-0.25, -0.2) is 13.3 Å². The molecule has 2 heterocycles. The van der Waals surface area contributed by atoms with Gasteiger partial charge < -0.3 is 10.1 Å². The van der Waals surface area contributed by atoms with Gasteiger partial charge in [0, 0.05) is 24.3 Å². The number of morpholine rings is 1. The van der Waals surface area contributed by atoms with Crippen molar-refractivity contribution in [3.05, 3.63) is 88.5 Å². The van der Waals surface area contributed by atoms with Crippen molar-refractivity contribution in [3.63, 3.8) is 0 Å². The van der Waals surface area contributed by atoms with Crippen LogP contribution in [-0.2, 0) is 14.8 Å². The van der Waals surface area contributed by atoms with E-state index in [1.807, 2.05) is 19.1 Å². The molecule has 3 aromatic rings. The quantitative estimate of drug-likeness (QED) is 0.517. The molecule has 3 amide bonds.